The van der Waals surface area contributed by atoms with E-state index >= 15 is 0 Å². The summed E-state index contributed by atoms with van der Waals surface area (Å²) in [5.74, 6) is 0.717. The topological polar surface area (TPSA) is 49.4 Å². The summed E-state index contributed by atoms with van der Waals surface area (Å²) in [5.41, 5.74) is 2.26. The number of thioether (sulfide) groups is 1. The van der Waals surface area contributed by atoms with E-state index in [9.17, 15) is 9.59 Å². The molecule has 140 valence electrons. The number of carbonyl (C=O) groups is 2. The first-order valence-electron chi connectivity index (χ1n) is 9.42. The average Bonchev–Trinajstić information content (AvgIpc) is 3.19. The zero-order valence-electron chi connectivity index (χ0n) is 15.4. The fourth-order valence-corrected chi connectivity index (χ4v) is 5.50. The number of benzene rings is 2. The average molecular weight is 381 g/mol. The van der Waals surface area contributed by atoms with Crippen molar-refractivity contribution in [1.82, 2.24) is 10.2 Å². The van der Waals surface area contributed by atoms with Crippen molar-refractivity contribution in [3.05, 3.63) is 71.8 Å². The Bertz CT molecular complexity index is 827. The fourth-order valence-electron chi connectivity index (χ4n) is 4.07. The van der Waals surface area contributed by atoms with Gasteiger partial charge in [0, 0.05) is 12.2 Å². The Morgan fingerprint density at radius 3 is 2.56 bits per heavy atom. The third kappa shape index (κ3) is 3.61. The van der Waals surface area contributed by atoms with Gasteiger partial charge in [0.2, 0.25) is 11.8 Å². The van der Waals surface area contributed by atoms with Crippen LogP contribution in [0, 0.1) is 0 Å². The molecule has 0 bridgehead atoms. The lowest BCUT2D eigenvalue weighted by Crippen LogP contribution is -2.50. The first-order chi connectivity index (χ1) is 13.1. The summed E-state index contributed by atoms with van der Waals surface area (Å²) in [6.07, 6.45) is 2.09. The number of rotatable bonds is 5. The molecule has 2 fully saturated rings. The Hall–Kier alpha value is -2.27. The minimum Gasteiger partial charge on any atom is -0.347 e. The van der Waals surface area contributed by atoms with E-state index in [-0.39, 0.29) is 28.8 Å². The lowest BCUT2D eigenvalue weighted by atomic mass is 9.98. The van der Waals surface area contributed by atoms with Crippen LogP contribution in [-0.2, 0) is 16.0 Å². The van der Waals surface area contributed by atoms with Crippen molar-refractivity contribution in [3.8, 4) is 0 Å². The van der Waals surface area contributed by atoms with E-state index in [0.29, 0.717) is 12.2 Å². The molecule has 4 rings (SSSR count). The van der Waals surface area contributed by atoms with Crippen LogP contribution in [0.15, 0.2) is 60.7 Å². The number of amides is 2. The Morgan fingerprint density at radius 1 is 1.19 bits per heavy atom. The van der Waals surface area contributed by atoms with E-state index in [1.807, 2.05) is 53.4 Å². The van der Waals surface area contributed by atoms with Gasteiger partial charge >= 0.3 is 0 Å². The summed E-state index contributed by atoms with van der Waals surface area (Å²) in [5, 5.41) is 3.23. The van der Waals surface area contributed by atoms with E-state index in [1.165, 1.54) is 5.56 Å². The summed E-state index contributed by atoms with van der Waals surface area (Å²) in [6.45, 7) is 2.08. The van der Waals surface area contributed by atoms with Gasteiger partial charge in [0.15, 0.2) is 0 Å². The molecule has 4 nitrogen and oxygen atoms in total. The smallest absolute Gasteiger partial charge is 0.244 e. The molecule has 2 amide bonds. The summed E-state index contributed by atoms with van der Waals surface area (Å²) >= 11 is 1.73. The number of fused-ring (bicyclic) bond motifs is 1. The van der Waals surface area contributed by atoms with Gasteiger partial charge < -0.3 is 10.2 Å². The molecule has 2 aliphatic heterocycles. The molecule has 1 N–H and O–H groups in total. The predicted molar refractivity (Wildman–Crippen MR) is 108 cm³/mol. The van der Waals surface area contributed by atoms with Gasteiger partial charge in [-0.3, -0.25) is 9.59 Å². The third-order valence-corrected chi connectivity index (χ3v) is 7.05. The van der Waals surface area contributed by atoms with Crippen LogP contribution in [0.4, 0.5) is 0 Å². The number of hydrogen-bond donors (Lipinski definition) is 1. The van der Waals surface area contributed by atoms with Crippen LogP contribution >= 0.6 is 11.8 Å². The molecular weight excluding hydrogens is 356 g/mol. The van der Waals surface area contributed by atoms with Crippen molar-refractivity contribution in [2.24, 2.45) is 0 Å². The van der Waals surface area contributed by atoms with Crippen molar-refractivity contribution in [2.75, 3.05) is 5.75 Å². The van der Waals surface area contributed by atoms with Gasteiger partial charge in [0.25, 0.3) is 0 Å². The third-order valence-electron chi connectivity index (χ3n) is 5.55. The minimum atomic E-state index is -0.378. The lowest BCUT2D eigenvalue weighted by Gasteiger charge is -2.31. The first kappa shape index (κ1) is 18.1. The Labute approximate surface area is 164 Å². The normalized spacial score (nSPS) is 25.3. The van der Waals surface area contributed by atoms with Crippen molar-refractivity contribution >= 4 is 23.6 Å². The maximum absolute atomic E-state index is 13.1. The van der Waals surface area contributed by atoms with Crippen LogP contribution < -0.4 is 5.32 Å². The molecule has 0 aromatic heterocycles. The number of nitrogens with zero attached hydrogens (tertiary/aromatic N) is 1. The summed E-state index contributed by atoms with van der Waals surface area (Å²) < 4.78 is 0. The second-order valence-corrected chi connectivity index (χ2v) is 8.93. The number of nitrogens with one attached hydrogen (secondary N) is 1. The molecule has 2 heterocycles. The van der Waals surface area contributed by atoms with Gasteiger partial charge in [-0.1, -0.05) is 60.7 Å². The maximum Gasteiger partial charge on any atom is 0.244 e. The highest BCUT2D eigenvalue weighted by Crippen LogP contribution is 2.47. The van der Waals surface area contributed by atoms with Gasteiger partial charge in [-0.05, 0) is 30.9 Å². The summed E-state index contributed by atoms with van der Waals surface area (Å²) in [6, 6.07) is 19.7. The molecule has 2 aromatic carbocycles. The molecule has 0 saturated carbocycles. The van der Waals surface area contributed by atoms with Crippen LogP contribution in [0.2, 0.25) is 0 Å². The SMILES string of the molecule is C[C@]12CCC(=O)N1[C@@H](C(=O)N[C@@H](Cc1ccccc1)c1ccccc1)CS2. The second-order valence-electron chi connectivity index (χ2n) is 7.43. The zero-order chi connectivity index (χ0) is 18.9. The molecule has 0 aliphatic carbocycles. The van der Waals surface area contributed by atoms with Crippen LogP contribution in [0.25, 0.3) is 0 Å². The lowest BCUT2D eigenvalue weighted by molar-refractivity contribution is -0.138. The van der Waals surface area contributed by atoms with Crippen LogP contribution in [0.5, 0.6) is 0 Å². The Morgan fingerprint density at radius 2 is 1.85 bits per heavy atom. The molecule has 0 unspecified atom stereocenters. The molecule has 0 spiro atoms. The molecule has 2 aliphatic rings. The summed E-state index contributed by atoms with van der Waals surface area (Å²) in [7, 11) is 0. The highest BCUT2D eigenvalue weighted by molar-refractivity contribution is 8.01. The number of hydrogen-bond acceptors (Lipinski definition) is 3. The van der Waals surface area contributed by atoms with E-state index in [2.05, 4.69) is 24.4 Å². The number of carbonyl (C=O) groups excluding carboxylic acids is 2. The minimum absolute atomic E-state index is 0.0498. The highest BCUT2D eigenvalue weighted by Gasteiger charge is 2.53. The second kappa shape index (κ2) is 7.39. The largest absolute Gasteiger partial charge is 0.347 e. The molecule has 27 heavy (non-hydrogen) atoms. The molecular formula is C22H24N2O2S. The van der Waals surface area contributed by atoms with E-state index in [0.717, 1.165) is 18.4 Å². The van der Waals surface area contributed by atoms with E-state index in [4.69, 9.17) is 0 Å². The van der Waals surface area contributed by atoms with E-state index < -0.39 is 0 Å². The van der Waals surface area contributed by atoms with Crippen molar-refractivity contribution < 1.29 is 9.59 Å². The van der Waals surface area contributed by atoms with Crippen molar-refractivity contribution in [2.45, 2.75) is 43.1 Å². The quantitative estimate of drug-likeness (QED) is 0.863. The van der Waals surface area contributed by atoms with Gasteiger partial charge in [0.1, 0.15) is 6.04 Å². The maximum atomic E-state index is 13.1. The van der Waals surface area contributed by atoms with Gasteiger partial charge in [-0.25, -0.2) is 0 Å². The van der Waals surface area contributed by atoms with E-state index in [1.54, 1.807) is 11.8 Å². The Kier molecular flexibility index (Phi) is 4.96. The zero-order valence-corrected chi connectivity index (χ0v) is 16.2. The summed E-state index contributed by atoms with van der Waals surface area (Å²) in [4.78, 5) is 27.1. The Balaban J connectivity index is 1.54. The van der Waals surface area contributed by atoms with Crippen LogP contribution in [0.1, 0.15) is 36.9 Å². The predicted octanol–water partition coefficient (Wildman–Crippen LogP) is 3.54. The first-order valence-corrected chi connectivity index (χ1v) is 10.4. The van der Waals surface area contributed by atoms with Crippen molar-refractivity contribution in [3.63, 3.8) is 0 Å². The fraction of sp³-hybridized carbons (Fsp3) is 0.364. The van der Waals surface area contributed by atoms with Crippen LogP contribution in [0.3, 0.4) is 0 Å². The monoisotopic (exact) mass is 380 g/mol. The molecule has 3 atom stereocenters. The van der Waals surface area contributed by atoms with Crippen molar-refractivity contribution in [1.29, 1.82) is 0 Å². The molecule has 2 aromatic rings. The van der Waals surface area contributed by atoms with Gasteiger partial charge in [-0.2, -0.15) is 0 Å². The molecule has 5 heteroatoms. The standard InChI is InChI=1S/C22H24N2O2S/c1-22-13-12-20(25)24(22)19(15-27-22)21(26)23-18(17-10-6-3-7-11-17)14-16-8-4-2-5-9-16/h2-11,18-19H,12-15H2,1H3,(H,23,26)/t18-,19+,22-/m0/s1. The molecule has 0 radical (unpaired) electrons. The highest BCUT2D eigenvalue weighted by atomic mass is 32.2. The molecule has 2 saturated heterocycles. The van der Waals surface area contributed by atoms with Crippen LogP contribution in [-0.4, -0.2) is 33.4 Å². The van der Waals surface area contributed by atoms with Gasteiger partial charge in [-0.15, -0.1) is 11.8 Å². The van der Waals surface area contributed by atoms with Gasteiger partial charge in [0.05, 0.1) is 10.9 Å².